The standard InChI is InChI=1S/C17H13ClFN5O3S2/c1-9(15(25)20-14-8-10(24(26)27)6-7-11(14)18)28-17-23-22-16(29-17)21-13-5-3-2-4-12(13)19/h2-9H,1H3,(H,20,25)(H,21,22). The van der Waals surface area contributed by atoms with Crippen LogP contribution in [0, 0.1) is 15.9 Å². The summed E-state index contributed by atoms with van der Waals surface area (Å²) in [6, 6.07) is 9.95. The molecule has 29 heavy (non-hydrogen) atoms. The highest BCUT2D eigenvalue weighted by molar-refractivity contribution is 8.02. The Balaban J connectivity index is 1.63. The second-order valence-electron chi connectivity index (χ2n) is 5.65. The van der Waals surface area contributed by atoms with E-state index in [0.717, 1.165) is 11.8 Å². The summed E-state index contributed by atoms with van der Waals surface area (Å²) in [7, 11) is 0. The molecule has 0 saturated heterocycles. The van der Waals surface area contributed by atoms with Crippen LogP contribution in [0.4, 0.5) is 26.6 Å². The lowest BCUT2D eigenvalue weighted by atomic mass is 10.2. The molecule has 3 aromatic rings. The predicted molar refractivity (Wildman–Crippen MR) is 112 cm³/mol. The van der Waals surface area contributed by atoms with Crippen LogP contribution in [-0.2, 0) is 4.79 Å². The van der Waals surface area contributed by atoms with E-state index in [9.17, 15) is 19.3 Å². The largest absolute Gasteiger partial charge is 0.328 e. The van der Waals surface area contributed by atoms with Crippen LogP contribution in [0.3, 0.4) is 0 Å². The van der Waals surface area contributed by atoms with Gasteiger partial charge < -0.3 is 10.6 Å². The molecule has 1 aromatic heterocycles. The van der Waals surface area contributed by atoms with Crippen molar-refractivity contribution in [3.63, 3.8) is 0 Å². The van der Waals surface area contributed by atoms with Gasteiger partial charge in [-0.3, -0.25) is 14.9 Å². The SMILES string of the molecule is CC(Sc1nnc(Nc2ccccc2F)s1)C(=O)Nc1cc([N+](=O)[O-])ccc1Cl. The first-order valence-electron chi connectivity index (χ1n) is 8.10. The van der Waals surface area contributed by atoms with Crippen molar-refractivity contribution in [3.8, 4) is 0 Å². The van der Waals surface area contributed by atoms with Gasteiger partial charge in [0, 0.05) is 12.1 Å². The van der Waals surface area contributed by atoms with E-state index in [2.05, 4.69) is 20.8 Å². The summed E-state index contributed by atoms with van der Waals surface area (Å²) < 4.78 is 14.2. The van der Waals surface area contributed by atoms with Crippen LogP contribution < -0.4 is 10.6 Å². The highest BCUT2D eigenvalue weighted by Gasteiger charge is 2.20. The summed E-state index contributed by atoms with van der Waals surface area (Å²) in [5, 5.41) is 24.2. The number of carbonyl (C=O) groups is 1. The van der Waals surface area contributed by atoms with Crippen molar-refractivity contribution in [3.05, 3.63) is 63.4 Å². The summed E-state index contributed by atoms with van der Waals surface area (Å²) >= 11 is 8.31. The number of amides is 1. The number of hydrogen-bond acceptors (Lipinski definition) is 8. The molecule has 0 radical (unpaired) electrons. The molecular formula is C17H13ClFN5O3S2. The normalized spacial score (nSPS) is 11.7. The number of nitrogens with one attached hydrogen (secondary N) is 2. The van der Waals surface area contributed by atoms with E-state index in [1.165, 1.54) is 35.6 Å². The molecule has 0 aliphatic heterocycles. The van der Waals surface area contributed by atoms with Crippen molar-refractivity contribution < 1.29 is 14.1 Å². The van der Waals surface area contributed by atoms with Crippen LogP contribution in [0.15, 0.2) is 46.8 Å². The van der Waals surface area contributed by atoms with Crippen LogP contribution in [0.25, 0.3) is 0 Å². The molecule has 12 heteroatoms. The summed E-state index contributed by atoms with van der Waals surface area (Å²) in [4.78, 5) is 22.7. The Labute approximate surface area is 177 Å². The maximum Gasteiger partial charge on any atom is 0.271 e. The molecule has 1 atom stereocenters. The maximum absolute atomic E-state index is 13.7. The van der Waals surface area contributed by atoms with Crippen molar-refractivity contribution in [2.24, 2.45) is 0 Å². The van der Waals surface area contributed by atoms with Crippen molar-refractivity contribution in [2.45, 2.75) is 16.5 Å². The van der Waals surface area contributed by atoms with Gasteiger partial charge in [0.25, 0.3) is 5.69 Å². The summed E-state index contributed by atoms with van der Waals surface area (Å²) in [5.74, 6) is -0.824. The number of nitro benzene ring substituents is 1. The Bertz CT molecular complexity index is 1070. The first-order chi connectivity index (χ1) is 13.8. The molecule has 2 N–H and O–H groups in total. The van der Waals surface area contributed by atoms with Crippen LogP contribution in [0.1, 0.15) is 6.92 Å². The number of hydrogen-bond donors (Lipinski definition) is 2. The monoisotopic (exact) mass is 453 g/mol. The number of anilines is 3. The number of para-hydroxylation sites is 1. The fourth-order valence-electron chi connectivity index (χ4n) is 2.15. The highest BCUT2D eigenvalue weighted by atomic mass is 35.5. The van der Waals surface area contributed by atoms with E-state index in [4.69, 9.17) is 11.6 Å². The van der Waals surface area contributed by atoms with E-state index in [1.807, 2.05) is 0 Å². The van der Waals surface area contributed by atoms with Gasteiger partial charge in [-0.25, -0.2) is 4.39 Å². The molecule has 1 unspecified atom stereocenters. The lowest BCUT2D eigenvalue weighted by Crippen LogP contribution is -2.22. The molecule has 0 spiro atoms. The summed E-state index contributed by atoms with van der Waals surface area (Å²) in [5.41, 5.74) is 0.238. The van der Waals surface area contributed by atoms with Crippen LogP contribution >= 0.6 is 34.7 Å². The second kappa shape index (κ2) is 9.16. The number of rotatable bonds is 7. The van der Waals surface area contributed by atoms with Gasteiger partial charge in [-0.2, -0.15) is 0 Å². The molecular weight excluding hydrogens is 441 g/mol. The van der Waals surface area contributed by atoms with Gasteiger partial charge in [-0.1, -0.05) is 46.8 Å². The first kappa shape index (κ1) is 21.0. The molecule has 2 aromatic carbocycles. The molecule has 1 amide bonds. The molecule has 150 valence electrons. The Morgan fingerprint density at radius 2 is 2.03 bits per heavy atom. The Morgan fingerprint density at radius 3 is 2.76 bits per heavy atom. The number of thioether (sulfide) groups is 1. The fraction of sp³-hybridized carbons (Fsp3) is 0.118. The minimum absolute atomic E-state index is 0.150. The second-order valence-corrected chi connectivity index (χ2v) is 8.62. The number of nitrogens with zero attached hydrogens (tertiary/aromatic N) is 3. The smallest absolute Gasteiger partial charge is 0.271 e. The van der Waals surface area contributed by atoms with Crippen molar-refractivity contribution in [1.82, 2.24) is 10.2 Å². The first-order valence-corrected chi connectivity index (χ1v) is 10.2. The van der Waals surface area contributed by atoms with Gasteiger partial charge in [-0.15, -0.1) is 10.2 Å². The van der Waals surface area contributed by atoms with Crippen LogP contribution in [0.2, 0.25) is 5.02 Å². The van der Waals surface area contributed by atoms with Crippen LogP contribution in [0.5, 0.6) is 0 Å². The minimum Gasteiger partial charge on any atom is -0.328 e. The molecule has 1 heterocycles. The zero-order chi connectivity index (χ0) is 21.0. The Morgan fingerprint density at radius 1 is 1.28 bits per heavy atom. The van der Waals surface area contributed by atoms with E-state index in [1.54, 1.807) is 25.1 Å². The quantitative estimate of drug-likeness (QED) is 0.291. The summed E-state index contributed by atoms with van der Waals surface area (Å²) in [6.07, 6.45) is 0. The molecule has 0 aliphatic rings. The Hall–Kier alpha value is -2.76. The lowest BCUT2D eigenvalue weighted by Gasteiger charge is -2.11. The van der Waals surface area contributed by atoms with Gasteiger partial charge in [0.05, 0.1) is 26.6 Å². The highest BCUT2D eigenvalue weighted by Crippen LogP contribution is 2.32. The average Bonchev–Trinajstić information content (AvgIpc) is 3.12. The van der Waals surface area contributed by atoms with E-state index >= 15 is 0 Å². The molecule has 0 bridgehead atoms. The minimum atomic E-state index is -0.584. The van der Waals surface area contributed by atoms with E-state index < -0.39 is 21.9 Å². The Kier molecular flexibility index (Phi) is 6.62. The number of nitro groups is 1. The van der Waals surface area contributed by atoms with E-state index in [0.29, 0.717) is 9.47 Å². The maximum atomic E-state index is 13.7. The fourth-order valence-corrected chi connectivity index (χ4v) is 4.22. The van der Waals surface area contributed by atoms with Crippen molar-refractivity contribution >= 4 is 62.8 Å². The number of halogens is 2. The number of aromatic nitrogens is 2. The zero-order valence-electron chi connectivity index (χ0n) is 14.8. The molecule has 8 nitrogen and oxygen atoms in total. The topological polar surface area (TPSA) is 110 Å². The van der Waals surface area contributed by atoms with Crippen molar-refractivity contribution in [2.75, 3.05) is 10.6 Å². The van der Waals surface area contributed by atoms with Gasteiger partial charge in [0.1, 0.15) is 5.82 Å². The molecule has 3 rings (SSSR count). The average molecular weight is 454 g/mol. The van der Waals surface area contributed by atoms with Crippen molar-refractivity contribution in [1.29, 1.82) is 0 Å². The summed E-state index contributed by atoms with van der Waals surface area (Å²) in [6.45, 7) is 1.65. The third kappa shape index (κ3) is 5.40. The third-order valence-corrected chi connectivity index (χ3v) is 5.94. The number of benzene rings is 2. The molecule has 0 aliphatic carbocycles. The number of carbonyl (C=O) groups excluding carboxylic acids is 1. The van der Waals surface area contributed by atoms with Gasteiger partial charge >= 0.3 is 0 Å². The van der Waals surface area contributed by atoms with E-state index in [-0.39, 0.29) is 22.1 Å². The third-order valence-electron chi connectivity index (χ3n) is 3.59. The lowest BCUT2D eigenvalue weighted by molar-refractivity contribution is -0.384. The van der Waals surface area contributed by atoms with Gasteiger partial charge in [0.2, 0.25) is 11.0 Å². The van der Waals surface area contributed by atoms with Crippen LogP contribution in [-0.4, -0.2) is 26.3 Å². The van der Waals surface area contributed by atoms with Gasteiger partial charge in [-0.05, 0) is 25.1 Å². The predicted octanol–water partition coefficient (Wildman–Crippen LogP) is 5.10. The zero-order valence-corrected chi connectivity index (χ0v) is 17.1. The number of non-ortho nitro benzene ring substituents is 1. The van der Waals surface area contributed by atoms with Gasteiger partial charge in [0.15, 0.2) is 4.34 Å². The molecule has 0 saturated carbocycles. The molecule has 0 fully saturated rings.